The van der Waals surface area contributed by atoms with Crippen molar-refractivity contribution in [2.75, 3.05) is 13.1 Å². The van der Waals surface area contributed by atoms with E-state index in [1.54, 1.807) is 20.8 Å². The number of rotatable bonds is 10. The minimum absolute atomic E-state index is 0.00705. The molecule has 0 rings (SSSR count). The van der Waals surface area contributed by atoms with Crippen molar-refractivity contribution >= 4 is 17.9 Å². The Hall–Kier alpha value is -2.05. The molecule has 0 bridgehead atoms. The Morgan fingerprint density at radius 3 is 1.78 bits per heavy atom. The number of carbonyl (C=O) groups excluding carboxylic acids is 3. The van der Waals surface area contributed by atoms with Crippen LogP contribution in [0, 0.1) is 11.8 Å². The molecule has 0 aromatic carbocycles. The molecule has 3 N–H and O–H groups in total. The molecule has 0 fully saturated rings. The normalized spacial score (nSPS) is 12.9. The van der Waals surface area contributed by atoms with Gasteiger partial charge in [-0.05, 0) is 39.5 Å². The van der Waals surface area contributed by atoms with Crippen LogP contribution in [0.15, 0.2) is 12.2 Å². The lowest BCUT2D eigenvalue weighted by Crippen LogP contribution is -2.51. The molecular weight excluding hydrogens is 346 g/mol. The summed E-state index contributed by atoms with van der Waals surface area (Å²) in [4.78, 5) is 35.6. The third-order valence-corrected chi connectivity index (χ3v) is 3.53. The van der Waals surface area contributed by atoms with Crippen LogP contribution in [0.4, 0.5) is 4.79 Å². The van der Waals surface area contributed by atoms with Crippen molar-refractivity contribution in [2.24, 2.45) is 11.8 Å². The van der Waals surface area contributed by atoms with Crippen LogP contribution in [-0.2, 0) is 14.3 Å². The molecule has 7 heteroatoms. The Balaban J connectivity index is 4.16. The molecule has 3 amide bonds. The number of nitrogens with one attached hydrogen (secondary N) is 3. The molecule has 27 heavy (non-hydrogen) atoms. The van der Waals surface area contributed by atoms with Gasteiger partial charge in [-0.15, -0.1) is 0 Å². The predicted octanol–water partition coefficient (Wildman–Crippen LogP) is 2.76. The monoisotopic (exact) mass is 383 g/mol. The van der Waals surface area contributed by atoms with Gasteiger partial charge in [0, 0.05) is 19.0 Å². The van der Waals surface area contributed by atoms with E-state index in [-0.39, 0.29) is 23.7 Å². The first-order valence-electron chi connectivity index (χ1n) is 9.64. The van der Waals surface area contributed by atoms with Crippen molar-refractivity contribution in [3.05, 3.63) is 12.2 Å². The van der Waals surface area contributed by atoms with Crippen molar-refractivity contribution in [3.8, 4) is 0 Å². The third kappa shape index (κ3) is 12.9. The summed E-state index contributed by atoms with van der Waals surface area (Å²) in [6.45, 7) is 13.9. The van der Waals surface area contributed by atoms with E-state index >= 15 is 0 Å². The molecule has 0 aliphatic heterocycles. The fourth-order valence-corrected chi connectivity index (χ4v) is 2.08. The summed E-state index contributed by atoms with van der Waals surface area (Å²) in [6, 6.07) is -0.643. The van der Waals surface area contributed by atoms with Gasteiger partial charge in [-0.25, -0.2) is 4.79 Å². The lowest BCUT2D eigenvalue weighted by atomic mass is 10.0. The number of hydrogen-bond acceptors (Lipinski definition) is 4. The number of carbonyl (C=O) groups is 3. The molecule has 0 aromatic rings. The molecule has 0 saturated carbocycles. The van der Waals surface area contributed by atoms with Crippen LogP contribution in [0.5, 0.6) is 0 Å². The minimum Gasteiger partial charge on any atom is -0.444 e. The maximum absolute atomic E-state index is 12.3. The smallest absolute Gasteiger partial charge is 0.408 e. The van der Waals surface area contributed by atoms with E-state index in [2.05, 4.69) is 16.0 Å². The molecule has 0 unspecified atom stereocenters. The first-order chi connectivity index (χ1) is 12.4. The van der Waals surface area contributed by atoms with E-state index in [9.17, 15) is 14.4 Å². The van der Waals surface area contributed by atoms with Crippen LogP contribution in [0.2, 0.25) is 0 Å². The van der Waals surface area contributed by atoms with Crippen molar-refractivity contribution in [3.63, 3.8) is 0 Å². The Labute approximate surface area is 163 Å². The van der Waals surface area contributed by atoms with Crippen LogP contribution in [0.3, 0.4) is 0 Å². The Kier molecular flexibility index (Phi) is 11.4. The average Bonchev–Trinajstić information content (AvgIpc) is 2.52. The quantitative estimate of drug-likeness (QED) is 0.399. The van der Waals surface area contributed by atoms with E-state index in [0.717, 1.165) is 6.42 Å². The number of alkyl carbamates (subject to hydrolysis) is 1. The van der Waals surface area contributed by atoms with Gasteiger partial charge >= 0.3 is 6.09 Å². The maximum atomic E-state index is 12.3. The number of hydrogen-bond donors (Lipinski definition) is 3. The van der Waals surface area contributed by atoms with Crippen LogP contribution >= 0.6 is 0 Å². The Morgan fingerprint density at radius 2 is 1.37 bits per heavy atom. The van der Waals surface area contributed by atoms with Crippen LogP contribution in [0.1, 0.15) is 61.3 Å². The van der Waals surface area contributed by atoms with Gasteiger partial charge in [0.15, 0.2) is 0 Å². The van der Waals surface area contributed by atoms with Crippen LogP contribution < -0.4 is 16.0 Å². The van der Waals surface area contributed by atoms with E-state index in [4.69, 9.17) is 4.74 Å². The fraction of sp³-hybridized carbons (Fsp3) is 0.750. The summed E-state index contributed by atoms with van der Waals surface area (Å²) in [5.74, 6) is -0.244. The topological polar surface area (TPSA) is 96.5 Å². The second-order valence-electron chi connectivity index (χ2n) is 8.15. The Bertz CT molecular complexity index is 508. The van der Waals surface area contributed by atoms with Crippen molar-refractivity contribution in [2.45, 2.75) is 73.0 Å². The van der Waals surface area contributed by atoms with Gasteiger partial charge in [0.1, 0.15) is 11.6 Å². The summed E-state index contributed by atoms with van der Waals surface area (Å²) in [6.07, 6.45) is 4.78. The molecule has 0 saturated heterocycles. The highest BCUT2D eigenvalue weighted by Gasteiger charge is 2.26. The second-order valence-corrected chi connectivity index (χ2v) is 8.15. The molecule has 1 atom stereocenters. The summed E-state index contributed by atoms with van der Waals surface area (Å²) >= 11 is 0. The van der Waals surface area contributed by atoms with Crippen molar-refractivity contribution in [1.29, 1.82) is 0 Å². The summed E-state index contributed by atoms with van der Waals surface area (Å²) in [7, 11) is 0. The molecule has 0 aliphatic rings. The molecule has 156 valence electrons. The average molecular weight is 384 g/mol. The molecule has 0 aliphatic carbocycles. The molecular formula is C20H37N3O4. The van der Waals surface area contributed by atoms with E-state index in [1.165, 1.54) is 0 Å². The van der Waals surface area contributed by atoms with Crippen molar-refractivity contribution < 1.29 is 19.1 Å². The fourth-order valence-electron chi connectivity index (χ4n) is 2.08. The lowest BCUT2D eigenvalue weighted by Gasteiger charge is -2.25. The van der Waals surface area contributed by atoms with Gasteiger partial charge in [-0.1, -0.05) is 39.8 Å². The minimum atomic E-state index is -0.643. The van der Waals surface area contributed by atoms with Crippen LogP contribution in [0.25, 0.3) is 0 Å². The SMILES string of the molecule is CC(C)C(=O)NCCC=CCCNC(=O)[C@H](NC(=O)OC(C)(C)C)C(C)C. The van der Waals surface area contributed by atoms with Crippen LogP contribution in [-0.4, -0.2) is 42.6 Å². The largest absolute Gasteiger partial charge is 0.444 e. The molecule has 0 aromatic heterocycles. The number of amides is 3. The van der Waals surface area contributed by atoms with Gasteiger partial charge in [-0.3, -0.25) is 9.59 Å². The molecule has 0 spiro atoms. The highest BCUT2D eigenvalue weighted by atomic mass is 16.6. The zero-order chi connectivity index (χ0) is 21.0. The van der Waals surface area contributed by atoms with E-state index in [0.29, 0.717) is 19.5 Å². The van der Waals surface area contributed by atoms with Crippen molar-refractivity contribution in [1.82, 2.24) is 16.0 Å². The van der Waals surface area contributed by atoms with Gasteiger partial charge in [-0.2, -0.15) is 0 Å². The summed E-state index contributed by atoms with van der Waals surface area (Å²) in [5, 5.41) is 8.30. The molecule has 0 radical (unpaired) electrons. The second kappa shape index (κ2) is 12.4. The maximum Gasteiger partial charge on any atom is 0.408 e. The van der Waals surface area contributed by atoms with Gasteiger partial charge in [0.25, 0.3) is 0 Å². The van der Waals surface area contributed by atoms with E-state index < -0.39 is 17.7 Å². The zero-order valence-corrected chi connectivity index (χ0v) is 17.8. The highest BCUT2D eigenvalue weighted by Crippen LogP contribution is 2.09. The first-order valence-corrected chi connectivity index (χ1v) is 9.64. The van der Waals surface area contributed by atoms with Gasteiger partial charge in [0.2, 0.25) is 11.8 Å². The van der Waals surface area contributed by atoms with Gasteiger partial charge < -0.3 is 20.7 Å². The first kappa shape index (κ1) is 24.9. The molecule has 0 heterocycles. The predicted molar refractivity (Wildman–Crippen MR) is 107 cm³/mol. The zero-order valence-electron chi connectivity index (χ0n) is 17.8. The molecule has 7 nitrogen and oxygen atoms in total. The highest BCUT2D eigenvalue weighted by molar-refractivity contribution is 5.85. The summed E-state index contributed by atoms with van der Waals surface area (Å²) in [5.41, 5.74) is -0.610. The lowest BCUT2D eigenvalue weighted by molar-refractivity contribution is -0.124. The third-order valence-electron chi connectivity index (χ3n) is 3.53. The Morgan fingerprint density at radius 1 is 0.889 bits per heavy atom. The van der Waals surface area contributed by atoms with Gasteiger partial charge in [0.05, 0.1) is 0 Å². The summed E-state index contributed by atoms with van der Waals surface area (Å²) < 4.78 is 5.21. The van der Waals surface area contributed by atoms with E-state index in [1.807, 2.05) is 39.8 Å². The standard InChI is InChI=1S/C20H37N3O4/c1-14(2)16(23-19(26)27-20(5,6)7)18(25)22-13-11-9-8-10-12-21-17(24)15(3)4/h8-9,14-16H,10-13H2,1-7H3,(H,21,24)(H,22,25)(H,23,26)/t16-/m1/s1. The number of ether oxygens (including phenoxy) is 1.